The Morgan fingerprint density at radius 3 is 2.67 bits per heavy atom. The molecule has 1 rings (SSSR count). The van der Waals surface area contributed by atoms with E-state index in [1.165, 1.54) is 19.5 Å². The van der Waals surface area contributed by atoms with Crippen molar-refractivity contribution in [2.45, 2.75) is 30.6 Å². The van der Waals surface area contributed by atoms with Gasteiger partial charge in [0.25, 0.3) is 0 Å². The lowest BCUT2D eigenvalue weighted by atomic mass is 10.0. The van der Waals surface area contributed by atoms with Crippen LogP contribution in [-0.4, -0.2) is 21.4 Å². The predicted octanol–water partition coefficient (Wildman–Crippen LogP) is 3.06. The van der Waals surface area contributed by atoms with Crippen molar-refractivity contribution >= 4 is 22.6 Å². The highest BCUT2D eigenvalue weighted by molar-refractivity contribution is 14.1. The van der Waals surface area contributed by atoms with Crippen LogP contribution in [0.15, 0.2) is 12.3 Å². The average molecular weight is 279 g/mol. The summed E-state index contributed by atoms with van der Waals surface area (Å²) in [5.74, 6) is 0.771. The number of hydrogen-bond donors (Lipinski definition) is 0. The Hall–Kier alpha value is 0.270. The van der Waals surface area contributed by atoms with Crippen LogP contribution in [-0.2, 0) is 0 Å². The molecular formula is C10H18IN. The van der Waals surface area contributed by atoms with E-state index < -0.39 is 0 Å². The number of alkyl halides is 1. The number of hydrogen-bond acceptors (Lipinski definition) is 1. The normalized spacial score (nSPS) is 29.9. The van der Waals surface area contributed by atoms with Crippen LogP contribution in [0.5, 0.6) is 0 Å². The maximum Gasteiger partial charge on any atom is 0.0406 e. The summed E-state index contributed by atoms with van der Waals surface area (Å²) in [5.41, 5.74) is 0. The van der Waals surface area contributed by atoms with Crippen molar-refractivity contribution in [2.24, 2.45) is 5.92 Å². The average Bonchev–Trinajstić information content (AvgIpc) is 1.93. The zero-order valence-corrected chi connectivity index (χ0v) is 10.3. The van der Waals surface area contributed by atoms with Gasteiger partial charge >= 0.3 is 0 Å². The first-order chi connectivity index (χ1) is 5.49. The zero-order valence-electron chi connectivity index (χ0n) is 8.18. The molecular weight excluding hydrogens is 261 g/mol. The van der Waals surface area contributed by atoms with E-state index in [0.29, 0.717) is 3.42 Å². The third-order valence-corrected chi connectivity index (χ3v) is 3.02. The van der Waals surface area contributed by atoms with Gasteiger partial charge in [-0.2, -0.15) is 0 Å². The first-order valence-corrected chi connectivity index (χ1v) is 5.70. The summed E-state index contributed by atoms with van der Waals surface area (Å²) in [7, 11) is 0. The lowest BCUT2D eigenvalue weighted by Gasteiger charge is -2.32. The van der Waals surface area contributed by atoms with Gasteiger partial charge in [-0.25, -0.2) is 0 Å². The van der Waals surface area contributed by atoms with Crippen LogP contribution in [0.3, 0.4) is 0 Å². The summed E-state index contributed by atoms with van der Waals surface area (Å²) in [6.45, 7) is 9.24. The van der Waals surface area contributed by atoms with E-state index in [4.69, 9.17) is 0 Å². The minimum absolute atomic E-state index is 0.394. The van der Waals surface area contributed by atoms with Crippen molar-refractivity contribution in [3.05, 3.63) is 12.3 Å². The van der Waals surface area contributed by atoms with Gasteiger partial charge in [-0.1, -0.05) is 42.5 Å². The molecule has 0 N–H and O–H groups in total. The Bertz CT molecular complexity index is 173. The Kier molecular flexibility index (Phi) is 3.44. The lowest BCUT2D eigenvalue weighted by Crippen LogP contribution is -2.32. The molecule has 0 aromatic carbocycles. The largest absolute Gasteiger partial charge is 0.377 e. The van der Waals surface area contributed by atoms with E-state index in [1.807, 2.05) is 0 Å². The summed E-state index contributed by atoms with van der Waals surface area (Å²) in [4.78, 5) is 2.42. The molecule has 12 heavy (non-hydrogen) atoms. The maximum atomic E-state index is 2.52. The van der Waals surface area contributed by atoms with E-state index in [9.17, 15) is 0 Å². The van der Waals surface area contributed by atoms with Crippen molar-refractivity contribution in [3.8, 4) is 0 Å². The van der Waals surface area contributed by atoms with Crippen LogP contribution in [0.25, 0.3) is 0 Å². The molecule has 0 spiro atoms. The molecule has 0 saturated carbocycles. The third kappa shape index (κ3) is 3.33. The molecule has 0 saturated heterocycles. The first kappa shape index (κ1) is 10.4. The molecule has 70 valence electrons. The van der Waals surface area contributed by atoms with E-state index in [-0.39, 0.29) is 0 Å². The lowest BCUT2D eigenvalue weighted by molar-refractivity contribution is 0.306. The molecule has 0 bridgehead atoms. The Morgan fingerprint density at radius 2 is 2.25 bits per heavy atom. The fourth-order valence-corrected chi connectivity index (χ4v) is 1.80. The minimum Gasteiger partial charge on any atom is -0.377 e. The second-order valence-electron chi connectivity index (χ2n) is 4.23. The summed E-state index contributed by atoms with van der Waals surface area (Å²) >= 11 is 2.52. The molecule has 1 atom stereocenters. The maximum absolute atomic E-state index is 2.52. The highest BCUT2D eigenvalue weighted by Gasteiger charge is 2.21. The standard InChI is InChI=1S/C10H18IN/c1-9(2)8-12-6-4-10(3,11)5-7-12/h4,6,9H,5,7-8H2,1-3H3. The van der Waals surface area contributed by atoms with Crippen molar-refractivity contribution in [3.63, 3.8) is 0 Å². The van der Waals surface area contributed by atoms with Crippen LogP contribution in [0.1, 0.15) is 27.2 Å². The number of nitrogens with zero attached hydrogens (tertiary/aromatic N) is 1. The molecule has 0 aromatic heterocycles. The molecule has 1 nitrogen and oxygen atoms in total. The van der Waals surface area contributed by atoms with Gasteiger partial charge in [-0.3, -0.25) is 0 Å². The highest BCUT2D eigenvalue weighted by Crippen LogP contribution is 2.28. The second-order valence-corrected chi connectivity index (χ2v) is 6.70. The highest BCUT2D eigenvalue weighted by atomic mass is 127. The second kappa shape index (κ2) is 3.99. The summed E-state index contributed by atoms with van der Waals surface area (Å²) in [5, 5.41) is 0. The Morgan fingerprint density at radius 1 is 1.58 bits per heavy atom. The van der Waals surface area contributed by atoms with E-state index in [1.54, 1.807) is 0 Å². The zero-order chi connectivity index (χ0) is 9.19. The molecule has 0 aliphatic carbocycles. The number of allylic oxidation sites excluding steroid dienone is 1. The molecule has 1 heterocycles. The monoisotopic (exact) mass is 279 g/mol. The molecule has 0 radical (unpaired) electrons. The Labute approximate surface area is 89.3 Å². The van der Waals surface area contributed by atoms with Crippen molar-refractivity contribution in [2.75, 3.05) is 13.1 Å². The van der Waals surface area contributed by atoms with Gasteiger partial charge < -0.3 is 4.90 Å². The SMILES string of the molecule is CC(C)CN1C=CC(C)(I)CC1. The van der Waals surface area contributed by atoms with Crippen LogP contribution in [0, 0.1) is 5.92 Å². The van der Waals surface area contributed by atoms with Crippen molar-refractivity contribution in [1.29, 1.82) is 0 Å². The molecule has 2 heteroatoms. The van der Waals surface area contributed by atoms with E-state index in [2.05, 4.69) is 60.5 Å². The Balaban J connectivity index is 2.43. The minimum atomic E-state index is 0.394. The van der Waals surface area contributed by atoms with Gasteiger partial charge in [-0.05, 0) is 25.5 Å². The molecule has 1 aliphatic heterocycles. The molecule has 1 unspecified atom stereocenters. The topological polar surface area (TPSA) is 3.24 Å². The molecule has 1 aliphatic rings. The third-order valence-electron chi connectivity index (χ3n) is 2.12. The van der Waals surface area contributed by atoms with Gasteiger partial charge in [0.2, 0.25) is 0 Å². The molecule has 0 fully saturated rings. The fraction of sp³-hybridized carbons (Fsp3) is 0.800. The summed E-state index contributed by atoms with van der Waals surface area (Å²) in [6.07, 6.45) is 5.85. The van der Waals surface area contributed by atoms with Crippen molar-refractivity contribution in [1.82, 2.24) is 4.90 Å². The van der Waals surface area contributed by atoms with E-state index in [0.717, 1.165) is 5.92 Å². The van der Waals surface area contributed by atoms with Gasteiger partial charge in [0, 0.05) is 16.5 Å². The number of halogens is 1. The van der Waals surface area contributed by atoms with Gasteiger partial charge in [0.15, 0.2) is 0 Å². The van der Waals surface area contributed by atoms with E-state index >= 15 is 0 Å². The number of rotatable bonds is 2. The quantitative estimate of drug-likeness (QED) is 0.554. The molecule has 0 aromatic rings. The fourth-order valence-electron chi connectivity index (χ4n) is 1.40. The van der Waals surface area contributed by atoms with Crippen LogP contribution < -0.4 is 0 Å². The first-order valence-electron chi connectivity index (χ1n) is 4.62. The molecule has 0 amide bonds. The van der Waals surface area contributed by atoms with Gasteiger partial charge in [0.1, 0.15) is 0 Å². The van der Waals surface area contributed by atoms with Crippen LogP contribution in [0.2, 0.25) is 0 Å². The van der Waals surface area contributed by atoms with Crippen molar-refractivity contribution < 1.29 is 0 Å². The summed E-state index contributed by atoms with van der Waals surface area (Å²) in [6, 6.07) is 0. The van der Waals surface area contributed by atoms with Gasteiger partial charge in [0.05, 0.1) is 0 Å². The van der Waals surface area contributed by atoms with Gasteiger partial charge in [-0.15, -0.1) is 0 Å². The van der Waals surface area contributed by atoms with Crippen LogP contribution >= 0.6 is 22.6 Å². The summed E-state index contributed by atoms with van der Waals surface area (Å²) < 4.78 is 0.394. The van der Waals surface area contributed by atoms with Crippen LogP contribution in [0.4, 0.5) is 0 Å². The predicted molar refractivity (Wildman–Crippen MR) is 62.6 cm³/mol. The smallest absolute Gasteiger partial charge is 0.0406 e.